The van der Waals surface area contributed by atoms with Gasteiger partial charge in [0.2, 0.25) is 0 Å². The van der Waals surface area contributed by atoms with Crippen LogP contribution in [0.3, 0.4) is 0 Å². The predicted octanol–water partition coefficient (Wildman–Crippen LogP) is 2.54. The first kappa shape index (κ1) is 15.8. The van der Waals surface area contributed by atoms with Crippen LogP contribution in [-0.4, -0.2) is 25.2 Å². The van der Waals surface area contributed by atoms with Crippen molar-refractivity contribution in [2.45, 2.75) is 19.3 Å². The smallest absolute Gasteiger partial charge is 0.390 e. The molecule has 0 unspecified atom stereocenters. The average Bonchev–Trinajstić information content (AvgIpc) is 2.46. The van der Waals surface area contributed by atoms with Crippen molar-refractivity contribution in [3.63, 3.8) is 0 Å². The number of benzene rings is 1. The third-order valence-electron chi connectivity index (χ3n) is 2.56. The third-order valence-corrected chi connectivity index (χ3v) is 2.56. The Morgan fingerprint density at radius 3 is 2.50 bits per heavy atom. The molecule has 0 N–H and O–H groups in total. The molecule has 0 fully saturated rings. The SMILES string of the molecule is C=CC(=O)OCCCCCOc1ccccc1C([O])=O. The Balaban J connectivity index is 2.20. The summed E-state index contributed by atoms with van der Waals surface area (Å²) in [6.45, 7) is 4.05. The highest BCUT2D eigenvalue weighted by molar-refractivity contribution is 5.90. The number of esters is 1. The zero-order valence-electron chi connectivity index (χ0n) is 11.2. The highest BCUT2D eigenvalue weighted by atomic mass is 16.5. The topological polar surface area (TPSA) is 72.5 Å². The molecule has 1 rings (SSSR count). The zero-order chi connectivity index (χ0) is 14.8. The Kier molecular flexibility index (Phi) is 6.89. The first-order valence-corrected chi connectivity index (χ1v) is 6.37. The van der Waals surface area contributed by atoms with Gasteiger partial charge in [0, 0.05) is 6.08 Å². The largest absolute Gasteiger partial charge is 0.493 e. The summed E-state index contributed by atoms with van der Waals surface area (Å²) < 4.78 is 10.2. The van der Waals surface area contributed by atoms with Crippen molar-refractivity contribution in [1.82, 2.24) is 0 Å². The molecule has 5 heteroatoms. The minimum absolute atomic E-state index is 0.0485. The molecule has 0 saturated carbocycles. The molecule has 1 radical (unpaired) electrons. The summed E-state index contributed by atoms with van der Waals surface area (Å²) in [5.41, 5.74) is 0.0485. The lowest BCUT2D eigenvalue weighted by molar-refractivity contribution is -0.137. The van der Waals surface area contributed by atoms with Gasteiger partial charge in [0.1, 0.15) is 11.3 Å². The molecular weight excluding hydrogens is 260 g/mol. The fourth-order valence-corrected chi connectivity index (χ4v) is 1.56. The van der Waals surface area contributed by atoms with Crippen LogP contribution in [-0.2, 0) is 14.6 Å². The summed E-state index contributed by atoms with van der Waals surface area (Å²) in [6.07, 6.45) is 3.41. The van der Waals surface area contributed by atoms with E-state index in [9.17, 15) is 14.7 Å². The number of para-hydroxylation sites is 1. The van der Waals surface area contributed by atoms with Gasteiger partial charge in [-0.3, -0.25) is 0 Å². The maximum Gasteiger partial charge on any atom is 0.390 e. The Bertz CT molecular complexity index is 467. The number of rotatable bonds is 9. The minimum Gasteiger partial charge on any atom is -0.493 e. The van der Waals surface area contributed by atoms with Crippen molar-refractivity contribution >= 4 is 11.9 Å². The Morgan fingerprint density at radius 1 is 1.10 bits per heavy atom. The monoisotopic (exact) mass is 277 g/mol. The van der Waals surface area contributed by atoms with Gasteiger partial charge in [0.15, 0.2) is 0 Å². The van der Waals surface area contributed by atoms with Crippen LogP contribution >= 0.6 is 0 Å². The van der Waals surface area contributed by atoms with Crippen LogP contribution in [0, 0.1) is 0 Å². The van der Waals surface area contributed by atoms with E-state index >= 15 is 0 Å². The van der Waals surface area contributed by atoms with Gasteiger partial charge in [-0.2, -0.15) is 0 Å². The van der Waals surface area contributed by atoms with E-state index in [1.165, 1.54) is 6.07 Å². The second-order valence-corrected chi connectivity index (χ2v) is 4.06. The molecule has 0 aliphatic heterocycles. The summed E-state index contributed by atoms with van der Waals surface area (Å²) in [7, 11) is 0. The predicted molar refractivity (Wildman–Crippen MR) is 72.0 cm³/mol. The summed E-state index contributed by atoms with van der Waals surface area (Å²) in [4.78, 5) is 21.6. The fraction of sp³-hybridized carbons (Fsp3) is 0.333. The van der Waals surface area contributed by atoms with Gasteiger partial charge in [-0.05, 0) is 31.4 Å². The molecule has 0 heterocycles. The summed E-state index contributed by atoms with van der Waals surface area (Å²) in [5, 5.41) is 10.8. The second kappa shape index (κ2) is 8.74. The molecule has 0 bridgehead atoms. The molecule has 20 heavy (non-hydrogen) atoms. The molecule has 0 amide bonds. The molecule has 1 aromatic rings. The Labute approximate surface area is 117 Å². The average molecular weight is 277 g/mol. The van der Waals surface area contributed by atoms with Crippen LogP contribution < -0.4 is 4.74 Å². The van der Waals surface area contributed by atoms with Crippen molar-refractivity contribution in [2.24, 2.45) is 0 Å². The standard InChI is InChI=1S/C15H17O5/c1-2-14(16)20-11-7-3-6-10-19-13-9-5-4-8-12(13)15(17)18/h2,4-5,8-9H,1,3,6-7,10-11H2. The fourth-order valence-electron chi connectivity index (χ4n) is 1.56. The summed E-state index contributed by atoms with van der Waals surface area (Å²) in [6, 6.07) is 6.36. The molecule has 0 spiro atoms. The van der Waals surface area contributed by atoms with Gasteiger partial charge in [0.05, 0.1) is 13.2 Å². The van der Waals surface area contributed by atoms with Gasteiger partial charge >= 0.3 is 11.9 Å². The van der Waals surface area contributed by atoms with Crippen molar-refractivity contribution in [2.75, 3.05) is 13.2 Å². The Hall–Kier alpha value is -2.30. The number of hydrogen-bond donors (Lipinski definition) is 0. The van der Waals surface area contributed by atoms with Crippen molar-refractivity contribution in [3.05, 3.63) is 42.5 Å². The van der Waals surface area contributed by atoms with Gasteiger partial charge in [-0.1, -0.05) is 18.7 Å². The molecule has 0 aliphatic carbocycles. The summed E-state index contributed by atoms with van der Waals surface area (Å²) in [5.74, 6) is -1.37. The van der Waals surface area contributed by atoms with Crippen LogP contribution in [0.5, 0.6) is 5.75 Å². The van der Waals surface area contributed by atoms with Crippen LogP contribution in [0.15, 0.2) is 36.9 Å². The third kappa shape index (κ3) is 5.56. The number of unbranched alkanes of at least 4 members (excludes halogenated alkanes) is 2. The first-order valence-electron chi connectivity index (χ1n) is 6.37. The quantitative estimate of drug-likeness (QED) is 0.395. The number of carbonyl (C=O) groups is 2. The van der Waals surface area contributed by atoms with Gasteiger partial charge in [-0.15, -0.1) is 0 Å². The highest BCUT2D eigenvalue weighted by Crippen LogP contribution is 2.18. The van der Waals surface area contributed by atoms with E-state index in [4.69, 9.17) is 9.47 Å². The van der Waals surface area contributed by atoms with Gasteiger partial charge < -0.3 is 9.47 Å². The first-order chi connectivity index (χ1) is 9.65. The highest BCUT2D eigenvalue weighted by Gasteiger charge is 2.11. The lowest BCUT2D eigenvalue weighted by Gasteiger charge is -2.08. The molecule has 0 aromatic heterocycles. The van der Waals surface area contributed by atoms with Crippen molar-refractivity contribution in [1.29, 1.82) is 0 Å². The van der Waals surface area contributed by atoms with Crippen LogP contribution in [0.1, 0.15) is 29.6 Å². The lowest BCUT2D eigenvalue weighted by Crippen LogP contribution is -2.05. The molecule has 1 aromatic carbocycles. The van der Waals surface area contributed by atoms with Gasteiger partial charge in [0.25, 0.3) is 0 Å². The van der Waals surface area contributed by atoms with E-state index in [0.29, 0.717) is 19.0 Å². The maximum absolute atomic E-state index is 10.8. The molecule has 0 aliphatic rings. The van der Waals surface area contributed by atoms with E-state index < -0.39 is 11.9 Å². The maximum atomic E-state index is 10.8. The van der Waals surface area contributed by atoms with E-state index in [2.05, 4.69) is 6.58 Å². The van der Waals surface area contributed by atoms with Crippen molar-refractivity contribution in [3.8, 4) is 5.75 Å². The van der Waals surface area contributed by atoms with Crippen LogP contribution in [0.25, 0.3) is 0 Å². The van der Waals surface area contributed by atoms with E-state index in [1.54, 1.807) is 18.2 Å². The number of carbonyl (C=O) groups excluding carboxylic acids is 2. The van der Waals surface area contributed by atoms with Crippen molar-refractivity contribution < 1.29 is 24.2 Å². The zero-order valence-corrected chi connectivity index (χ0v) is 11.2. The van der Waals surface area contributed by atoms with E-state index in [1.807, 2.05) is 0 Å². The van der Waals surface area contributed by atoms with Gasteiger partial charge in [-0.25, -0.2) is 14.7 Å². The van der Waals surface area contributed by atoms with E-state index in [-0.39, 0.29) is 5.56 Å². The Morgan fingerprint density at radius 2 is 1.80 bits per heavy atom. The second-order valence-electron chi connectivity index (χ2n) is 4.06. The molecule has 107 valence electrons. The molecular formula is C15H17O5. The number of hydrogen-bond acceptors (Lipinski definition) is 4. The minimum atomic E-state index is -1.25. The lowest BCUT2D eigenvalue weighted by atomic mass is 10.2. The van der Waals surface area contributed by atoms with Crippen LogP contribution in [0.2, 0.25) is 0 Å². The molecule has 5 nitrogen and oxygen atoms in total. The van der Waals surface area contributed by atoms with E-state index in [0.717, 1.165) is 25.3 Å². The molecule has 0 atom stereocenters. The number of ether oxygens (including phenoxy) is 2. The summed E-state index contributed by atoms with van der Waals surface area (Å²) >= 11 is 0. The normalized spacial score (nSPS) is 9.80. The molecule has 0 saturated heterocycles. The van der Waals surface area contributed by atoms with Crippen LogP contribution in [0.4, 0.5) is 0 Å².